The molecule has 0 radical (unpaired) electrons. The van der Waals surface area contributed by atoms with Crippen LogP contribution in [0.1, 0.15) is 31.1 Å². The molecular weight excluding hydrogens is 374 g/mol. The van der Waals surface area contributed by atoms with Gasteiger partial charge in [-0.25, -0.2) is 20.0 Å². The van der Waals surface area contributed by atoms with Gasteiger partial charge in [-0.2, -0.15) is 0 Å². The summed E-state index contributed by atoms with van der Waals surface area (Å²) in [6.07, 6.45) is 3.50. The molecule has 0 saturated carbocycles. The Morgan fingerprint density at radius 2 is 1.97 bits per heavy atom. The molecule has 0 aliphatic carbocycles. The molecule has 1 aromatic rings. The lowest BCUT2D eigenvalue weighted by Gasteiger charge is -2.31. The van der Waals surface area contributed by atoms with E-state index in [2.05, 4.69) is 12.0 Å². The highest BCUT2D eigenvalue weighted by atomic mass is 16.6. The zero-order valence-corrected chi connectivity index (χ0v) is 17.0. The third-order valence-electron chi connectivity index (χ3n) is 3.88. The number of carbonyl (C=O) groups excluding carboxylic acids is 3. The lowest BCUT2D eigenvalue weighted by Crippen LogP contribution is -2.53. The first-order valence-electron chi connectivity index (χ1n) is 9.29. The van der Waals surface area contributed by atoms with Crippen LogP contribution in [0.5, 0.6) is 0 Å². The molecule has 29 heavy (non-hydrogen) atoms. The second-order valence-corrected chi connectivity index (χ2v) is 7.41. The molecule has 2 rings (SSSR count). The normalized spacial score (nSPS) is 15.6. The fraction of sp³-hybridized carbons (Fsp3) is 0.381. The Morgan fingerprint density at radius 1 is 1.28 bits per heavy atom. The van der Waals surface area contributed by atoms with Crippen molar-refractivity contribution in [1.82, 2.24) is 15.3 Å². The van der Waals surface area contributed by atoms with E-state index in [-0.39, 0.29) is 19.1 Å². The second kappa shape index (κ2) is 9.77. The van der Waals surface area contributed by atoms with Crippen LogP contribution in [-0.4, -0.2) is 59.3 Å². The molecule has 0 saturated heterocycles. The quantitative estimate of drug-likeness (QED) is 0.605. The Bertz CT molecular complexity index is 770. The van der Waals surface area contributed by atoms with E-state index in [4.69, 9.17) is 9.47 Å². The lowest BCUT2D eigenvalue weighted by molar-refractivity contribution is 0.0260. The van der Waals surface area contributed by atoms with Crippen LogP contribution in [0.15, 0.2) is 55.1 Å². The lowest BCUT2D eigenvalue weighted by atomic mass is 10.2. The van der Waals surface area contributed by atoms with E-state index < -0.39 is 23.8 Å². The summed E-state index contributed by atoms with van der Waals surface area (Å²) < 4.78 is 10.3. The van der Waals surface area contributed by atoms with Crippen molar-refractivity contribution in [3.8, 4) is 0 Å². The first-order chi connectivity index (χ1) is 13.7. The van der Waals surface area contributed by atoms with Crippen molar-refractivity contribution < 1.29 is 23.9 Å². The van der Waals surface area contributed by atoms with Gasteiger partial charge in [0.15, 0.2) is 0 Å². The molecule has 8 heteroatoms. The van der Waals surface area contributed by atoms with Gasteiger partial charge in [0.2, 0.25) is 0 Å². The van der Waals surface area contributed by atoms with E-state index in [1.54, 1.807) is 49.9 Å². The number of amides is 3. The monoisotopic (exact) mass is 401 g/mol. The fourth-order valence-corrected chi connectivity index (χ4v) is 2.68. The topological polar surface area (TPSA) is 88.2 Å². The van der Waals surface area contributed by atoms with Crippen LogP contribution in [0, 0.1) is 0 Å². The molecule has 156 valence electrons. The van der Waals surface area contributed by atoms with Gasteiger partial charge in [0.1, 0.15) is 12.2 Å². The zero-order valence-electron chi connectivity index (χ0n) is 17.0. The van der Waals surface area contributed by atoms with Crippen LogP contribution < -0.4 is 5.43 Å². The van der Waals surface area contributed by atoms with Gasteiger partial charge in [0.05, 0.1) is 12.6 Å². The van der Waals surface area contributed by atoms with Crippen molar-refractivity contribution >= 4 is 18.1 Å². The standard InChI is InChI=1S/C21H27N3O5/c1-5-14-28-20(27)24(22-19(26)29-21(2,3)4)15-17-12-9-13-23(17)18(25)16-10-7-6-8-11-16/h5-12,17H,1,13-15H2,2-4H3,(H,22,26). The average molecular weight is 401 g/mol. The molecule has 0 aromatic heterocycles. The van der Waals surface area contributed by atoms with Crippen molar-refractivity contribution in [2.45, 2.75) is 32.4 Å². The number of carbonyl (C=O) groups is 3. The number of hydrogen-bond donors (Lipinski definition) is 1. The Morgan fingerprint density at radius 3 is 2.59 bits per heavy atom. The minimum atomic E-state index is -0.795. The zero-order chi connectivity index (χ0) is 21.4. The van der Waals surface area contributed by atoms with Gasteiger partial charge < -0.3 is 14.4 Å². The van der Waals surface area contributed by atoms with Crippen molar-refractivity contribution in [3.05, 3.63) is 60.7 Å². The molecule has 1 N–H and O–H groups in total. The summed E-state index contributed by atoms with van der Waals surface area (Å²) in [6, 6.07) is 8.43. The minimum Gasteiger partial charge on any atom is -0.444 e. The number of nitrogens with zero attached hydrogens (tertiary/aromatic N) is 2. The molecule has 1 aliphatic heterocycles. The van der Waals surface area contributed by atoms with Crippen LogP contribution in [0.3, 0.4) is 0 Å². The molecule has 0 spiro atoms. The molecule has 8 nitrogen and oxygen atoms in total. The number of hydrogen-bond acceptors (Lipinski definition) is 5. The van der Waals surface area contributed by atoms with Gasteiger partial charge in [-0.3, -0.25) is 4.79 Å². The van der Waals surface area contributed by atoms with E-state index >= 15 is 0 Å². The van der Waals surface area contributed by atoms with E-state index in [0.717, 1.165) is 5.01 Å². The maximum atomic E-state index is 12.8. The first kappa shape index (κ1) is 22.0. The third-order valence-corrected chi connectivity index (χ3v) is 3.88. The highest BCUT2D eigenvalue weighted by Crippen LogP contribution is 2.16. The van der Waals surface area contributed by atoms with Crippen molar-refractivity contribution in [2.75, 3.05) is 19.7 Å². The van der Waals surface area contributed by atoms with Gasteiger partial charge >= 0.3 is 12.2 Å². The second-order valence-electron chi connectivity index (χ2n) is 7.41. The Labute approximate surface area is 170 Å². The summed E-state index contributed by atoms with van der Waals surface area (Å²) in [6.45, 7) is 9.04. The van der Waals surface area contributed by atoms with Crippen LogP contribution in [0.25, 0.3) is 0 Å². The summed E-state index contributed by atoms with van der Waals surface area (Å²) in [7, 11) is 0. The predicted octanol–water partition coefficient (Wildman–Crippen LogP) is 3.13. The summed E-state index contributed by atoms with van der Waals surface area (Å²) in [4.78, 5) is 39.0. The highest BCUT2D eigenvalue weighted by Gasteiger charge is 2.31. The van der Waals surface area contributed by atoms with Crippen molar-refractivity contribution in [1.29, 1.82) is 0 Å². The van der Waals surface area contributed by atoms with Crippen LogP contribution in [0.4, 0.5) is 9.59 Å². The molecule has 0 bridgehead atoms. The van der Waals surface area contributed by atoms with E-state index in [1.807, 2.05) is 18.2 Å². The van der Waals surface area contributed by atoms with E-state index in [1.165, 1.54) is 6.08 Å². The summed E-state index contributed by atoms with van der Waals surface area (Å²) >= 11 is 0. The molecule has 1 aromatic carbocycles. The Balaban J connectivity index is 2.12. The number of rotatable bonds is 5. The largest absolute Gasteiger partial charge is 0.444 e. The molecule has 1 aliphatic rings. The molecule has 1 atom stereocenters. The average Bonchev–Trinajstić information content (AvgIpc) is 3.12. The first-order valence-corrected chi connectivity index (χ1v) is 9.29. The van der Waals surface area contributed by atoms with Crippen molar-refractivity contribution in [3.63, 3.8) is 0 Å². The van der Waals surface area contributed by atoms with Crippen LogP contribution >= 0.6 is 0 Å². The Kier molecular flexibility index (Phi) is 7.41. The minimum absolute atomic E-state index is 0.00426. The highest BCUT2D eigenvalue weighted by molar-refractivity contribution is 5.95. The summed E-state index contributed by atoms with van der Waals surface area (Å²) in [5.41, 5.74) is 2.21. The molecule has 1 unspecified atom stereocenters. The number of ether oxygens (including phenoxy) is 2. The molecule has 3 amide bonds. The van der Waals surface area contributed by atoms with Gasteiger partial charge in [0.25, 0.3) is 5.91 Å². The fourth-order valence-electron chi connectivity index (χ4n) is 2.68. The van der Waals surface area contributed by atoms with Gasteiger partial charge in [-0.05, 0) is 32.9 Å². The summed E-state index contributed by atoms with van der Waals surface area (Å²) in [5.74, 6) is -0.169. The SMILES string of the molecule is C=CCOC(=O)N(CC1C=CCN1C(=O)c1ccccc1)NC(=O)OC(C)(C)C. The number of benzene rings is 1. The maximum absolute atomic E-state index is 12.8. The van der Waals surface area contributed by atoms with Crippen molar-refractivity contribution in [2.24, 2.45) is 0 Å². The van der Waals surface area contributed by atoms with Gasteiger partial charge in [0, 0.05) is 12.1 Å². The van der Waals surface area contributed by atoms with E-state index in [0.29, 0.717) is 12.1 Å². The number of nitrogens with one attached hydrogen (secondary N) is 1. The smallest absolute Gasteiger partial charge is 0.429 e. The number of hydrazine groups is 1. The molecule has 1 heterocycles. The van der Waals surface area contributed by atoms with E-state index in [9.17, 15) is 14.4 Å². The van der Waals surface area contributed by atoms with Gasteiger partial charge in [-0.1, -0.05) is 43.0 Å². The van der Waals surface area contributed by atoms with Gasteiger partial charge in [-0.15, -0.1) is 0 Å². The predicted molar refractivity (Wildman–Crippen MR) is 108 cm³/mol. The maximum Gasteiger partial charge on any atom is 0.429 e. The summed E-state index contributed by atoms with van der Waals surface area (Å²) in [5, 5.41) is 1.00. The third kappa shape index (κ3) is 6.67. The molecular formula is C21H27N3O5. The Hall–Kier alpha value is -3.29. The van der Waals surface area contributed by atoms with Crippen LogP contribution in [-0.2, 0) is 9.47 Å². The molecule has 0 fully saturated rings. The van der Waals surface area contributed by atoms with Crippen LogP contribution in [0.2, 0.25) is 0 Å².